The smallest absolute Gasteiger partial charge is 0.482 e. The molecule has 3 aliphatic heterocycles. The number of benzene rings is 2. The molecule has 3 aliphatic rings. The Labute approximate surface area is 267 Å². The molecule has 0 unspecified atom stereocenters. The topological polar surface area (TPSA) is 169 Å². The van der Waals surface area contributed by atoms with Gasteiger partial charge in [-0.2, -0.15) is 0 Å². The van der Waals surface area contributed by atoms with Crippen LogP contribution in [0.2, 0.25) is 0 Å². The van der Waals surface area contributed by atoms with Gasteiger partial charge in [0.05, 0.1) is 11.8 Å². The molecule has 2 bridgehead atoms. The highest BCUT2D eigenvalue weighted by Crippen LogP contribution is 2.46. The van der Waals surface area contributed by atoms with Crippen LogP contribution in [-0.2, 0) is 22.6 Å². The molecule has 47 heavy (non-hydrogen) atoms. The van der Waals surface area contributed by atoms with Gasteiger partial charge in [-0.25, -0.2) is 13.3 Å². The lowest BCUT2D eigenvalue weighted by molar-refractivity contribution is -0.0656. The third-order valence-electron chi connectivity index (χ3n) is 8.69. The molecule has 2 amide bonds. The van der Waals surface area contributed by atoms with Gasteiger partial charge >= 0.3 is 7.82 Å². The summed E-state index contributed by atoms with van der Waals surface area (Å²) in [5.41, 5.74) is -1.55. The maximum Gasteiger partial charge on any atom is 0.524 e. The van der Waals surface area contributed by atoms with Gasteiger partial charge in [0.15, 0.2) is 17.0 Å². The number of ether oxygens (including phenoxy) is 1. The summed E-state index contributed by atoms with van der Waals surface area (Å²) in [6, 6.07) is 7.83. The van der Waals surface area contributed by atoms with E-state index in [4.69, 9.17) is 14.1 Å². The SMILES string of the molecule is CC1=NO[C@@]2(CC[C@H](C)N3C[C@H]2n2cc(C(=O)NCc4ccc(F)cc4F)c(=O)c(OCc4ccccc4OP(=O)(O)O)c2C3=O)C1. The van der Waals surface area contributed by atoms with Crippen molar-refractivity contribution in [1.29, 1.82) is 0 Å². The number of para-hydroxylation sites is 1. The first-order valence-corrected chi connectivity index (χ1v) is 16.3. The van der Waals surface area contributed by atoms with Crippen LogP contribution in [0.25, 0.3) is 0 Å². The number of phosphoric acid groups is 1. The van der Waals surface area contributed by atoms with Crippen LogP contribution < -0.4 is 20.0 Å². The van der Waals surface area contributed by atoms with Crippen LogP contribution in [0.5, 0.6) is 11.5 Å². The van der Waals surface area contributed by atoms with E-state index in [9.17, 15) is 37.5 Å². The number of oxime groups is 1. The highest BCUT2D eigenvalue weighted by atomic mass is 31.2. The van der Waals surface area contributed by atoms with Crippen molar-refractivity contribution in [3.63, 3.8) is 0 Å². The zero-order valence-electron chi connectivity index (χ0n) is 25.3. The van der Waals surface area contributed by atoms with Gasteiger partial charge in [-0.05, 0) is 38.8 Å². The van der Waals surface area contributed by atoms with E-state index in [-0.39, 0.29) is 41.7 Å². The monoisotopic (exact) mass is 672 g/mol. The maximum absolute atomic E-state index is 14.3. The van der Waals surface area contributed by atoms with Crippen LogP contribution in [0.4, 0.5) is 8.78 Å². The first kappa shape index (κ1) is 32.4. The second-order valence-corrected chi connectivity index (χ2v) is 13.0. The van der Waals surface area contributed by atoms with Crippen molar-refractivity contribution in [2.45, 2.75) is 63.9 Å². The fraction of sp³-hybridized carbons (Fsp3) is 0.355. The van der Waals surface area contributed by atoms with Gasteiger partial charge in [0.2, 0.25) is 5.43 Å². The van der Waals surface area contributed by atoms with Gasteiger partial charge in [0, 0.05) is 48.9 Å². The van der Waals surface area contributed by atoms with E-state index in [0.29, 0.717) is 25.3 Å². The number of aromatic nitrogens is 1. The van der Waals surface area contributed by atoms with Crippen molar-refractivity contribution < 1.29 is 46.8 Å². The molecule has 0 aliphatic carbocycles. The number of amides is 2. The molecular formula is C31H31F2N4O9P. The molecule has 248 valence electrons. The van der Waals surface area contributed by atoms with Crippen LogP contribution in [0.15, 0.2) is 58.6 Å². The van der Waals surface area contributed by atoms with E-state index < -0.39 is 66.3 Å². The number of hydrogen-bond acceptors (Lipinski definition) is 8. The molecule has 0 saturated carbocycles. The summed E-state index contributed by atoms with van der Waals surface area (Å²) < 4.78 is 51.6. The number of carbonyl (C=O) groups excluding carboxylic acids is 2. The van der Waals surface area contributed by atoms with E-state index in [0.717, 1.165) is 11.8 Å². The minimum absolute atomic E-state index is 0.0227. The van der Waals surface area contributed by atoms with Gasteiger partial charge < -0.3 is 28.9 Å². The van der Waals surface area contributed by atoms with Crippen molar-refractivity contribution in [1.82, 2.24) is 14.8 Å². The van der Waals surface area contributed by atoms with Gasteiger partial charge in [0.1, 0.15) is 29.6 Å². The molecule has 3 aromatic rings. The number of phosphoric ester groups is 1. The molecule has 1 aromatic heterocycles. The molecule has 1 spiro atoms. The summed E-state index contributed by atoms with van der Waals surface area (Å²) in [5, 5.41) is 6.68. The molecule has 3 atom stereocenters. The number of rotatable bonds is 8. The first-order chi connectivity index (χ1) is 22.3. The van der Waals surface area contributed by atoms with Crippen LogP contribution in [0.1, 0.15) is 71.1 Å². The predicted molar refractivity (Wildman–Crippen MR) is 162 cm³/mol. The summed E-state index contributed by atoms with van der Waals surface area (Å²) in [6.45, 7) is 3.06. The quantitative estimate of drug-likeness (QED) is 0.301. The summed E-state index contributed by atoms with van der Waals surface area (Å²) in [5.74, 6) is -3.80. The Morgan fingerprint density at radius 1 is 1.19 bits per heavy atom. The number of nitrogens with one attached hydrogen (secondary N) is 1. The first-order valence-electron chi connectivity index (χ1n) is 14.8. The van der Waals surface area contributed by atoms with Crippen molar-refractivity contribution >= 4 is 25.3 Å². The van der Waals surface area contributed by atoms with Gasteiger partial charge in [-0.3, -0.25) is 24.2 Å². The summed E-state index contributed by atoms with van der Waals surface area (Å²) in [7, 11) is -4.96. The third kappa shape index (κ3) is 6.25. The third-order valence-corrected chi connectivity index (χ3v) is 9.12. The Bertz CT molecular complexity index is 1910. The normalized spacial score (nSPS) is 21.9. The fourth-order valence-corrected chi connectivity index (χ4v) is 6.77. The summed E-state index contributed by atoms with van der Waals surface area (Å²) in [4.78, 5) is 68.1. The standard InChI is InChI=1S/C31H31F2N4O9P/c1-17-12-31(46-35-17)10-9-18(2)36-15-25(31)37-14-22(29(39)34-13-19-7-8-21(32)11-23(19)33)27(38)28(26(37)30(36)40)44-16-20-5-3-4-6-24(20)45-47(41,42)43/h3-8,11,14,18,25H,9-10,12-13,15-16H2,1-2H3,(H,34,39)(H2,41,42,43)/t18-,25+,31-/m0/s1. The molecule has 16 heteroatoms. The molecule has 3 N–H and O–H groups in total. The van der Waals surface area contributed by atoms with Crippen molar-refractivity contribution in [3.05, 3.63) is 92.9 Å². The second kappa shape index (κ2) is 12.2. The average molecular weight is 673 g/mol. The molecule has 13 nitrogen and oxygen atoms in total. The van der Waals surface area contributed by atoms with Gasteiger partial charge in [-0.1, -0.05) is 29.4 Å². The Balaban J connectivity index is 1.45. The lowest BCUT2D eigenvalue weighted by Gasteiger charge is -2.42. The number of fused-ring (bicyclic) bond motifs is 5. The highest BCUT2D eigenvalue weighted by molar-refractivity contribution is 7.46. The number of halogens is 2. The van der Waals surface area contributed by atoms with E-state index in [2.05, 4.69) is 10.5 Å². The second-order valence-electron chi connectivity index (χ2n) is 11.9. The van der Waals surface area contributed by atoms with E-state index in [1.54, 1.807) is 11.0 Å². The number of carbonyl (C=O) groups is 2. The molecule has 0 radical (unpaired) electrons. The van der Waals surface area contributed by atoms with Crippen molar-refractivity contribution in [2.24, 2.45) is 5.16 Å². The van der Waals surface area contributed by atoms with Gasteiger partial charge in [-0.15, -0.1) is 0 Å². The fourth-order valence-electron chi connectivity index (χ4n) is 6.33. The van der Waals surface area contributed by atoms with Crippen LogP contribution >= 0.6 is 7.82 Å². The molecule has 1 saturated heterocycles. The average Bonchev–Trinajstić information content (AvgIpc) is 3.34. The molecule has 2 aromatic carbocycles. The van der Waals surface area contributed by atoms with E-state index in [1.807, 2.05) is 13.8 Å². The van der Waals surface area contributed by atoms with Gasteiger partial charge in [0.25, 0.3) is 11.8 Å². The van der Waals surface area contributed by atoms with E-state index in [1.165, 1.54) is 35.0 Å². The molecule has 1 fully saturated rings. The summed E-state index contributed by atoms with van der Waals surface area (Å²) in [6.07, 6.45) is 2.79. The maximum atomic E-state index is 14.3. The minimum Gasteiger partial charge on any atom is -0.482 e. The Kier molecular flexibility index (Phi) is 8.41. The Morgan fingerprint density at radius 3 is 2.66 bits per heavy atom. The van der Waals surface area contributed by atoms with Crippen LogP contribution in [0.3, 0.4) is 0 Å². The molecule has 4 heterocycles. The largest absolute Gasteiger partial charge is 0.524 e. The van der Waals surface area contributed by atoms with Crippen LogP contribution in [-0.4, -0.2) is 55.0 Å². The molecule has 6 rings (SSSR count). The zero-order valence-corrected chi connectivity index (χ0v) is 26.2. The number of nitrogens with zero attached hydrogens (tertiary/aromatic N) is 3. The van der Waals surface area contributed by atoms with Crippen molar-refractivity contribution in [2.75, 3.05) is 6.54 Å². The Morgan fingerprint density at radius 2 is 1.96 bits per heavy atom. The van der Waals surface area contributed by atoms with E-state index >= 15 is 0 Å². The van der Waals surface area contributed by atoms with Crippen LogP contribution in [0, 0.1) is 11.6 Å². The minimum atomic E-state index is -4.96. The lowest BCUT2D eigenvalue weighted by Crippen LogP contribution is -2.52. The Hall–Kier alpha value is -4.59. The zero-order chi connectivity index (χ0) is 33.7. The highest BCUT2D eigenvalue weighted by Gasteiger charge is 2.54. The number of pyridine rings is 1. The number of hydrogen-bond donors (Lipinski definition) is 3. The molecular weight excluding hydrogens is 641 g/mol. The predicted octanol–water partition coefficient (Wildman–Crippen LogP) is 3.82. The van der Waals surface area contributed by atoms with Crippen molar-refractivity contribution in [3.8, 4) is 11.5 Å². The summed E-state index contributed by atoms with van der Waals surface area (Å²) >= 11 is 0. The lowest BCUT2D eigenvalue weighted by atomic mass is 9.84.